The van der Waals surface area contributed by atoms with Crippen molar-refractivity contribution >= 4 is 5.96 Å². The van der Waals surface area contributed by atoms with E-state index in [0.29, 0.717) is 6.04 Å². The number of ether oxygens (including phenoxy) is 1. The van der Waals surface area contributed by atoms with Crippen molar-refractivity contribution in [1.82, 2.24) is 20.4 Å². The smallest absolute Gasteiger partial charge is 0.191 e. The van der Waals surface area contributed by atoms with Crippen LogP contribution in [-0.4, -0.2) is 80.8 Å². The number of piperidine rings is 1. The summed E-state index contributed by atoms with van der Waals surface area (Å²) in [6.07, 6.45) is 2.50. The number of nitrogens with zero attached hydrogens (tertiary/aromatic N) is 3. The molecule has 1 aromatic rings. The number of aryl methyl sites for hydroxylation is 1. The number of nitrogens with one attached hydrogen (secondary N) is 2. The number of hydrogen-bond donors (Lipinski definition) is 2. The summed E-state index contributed by atoms with van der Waals surface area (Å²) in [5, 5.41) is 7.01. The maximum absolute atomic E-state index is 5.46. The minimum absolute atomic E-state index is 0.453. The van der Waals surface area contributed by atoms with Crippen molar-refractivity contribution in [2.75, 3.05) is 59.0 Å². The molecule has 0 saturated carbocycles. The molecule has 2 fully saturated rings. The summed E-state index contributed by atoms with van der Waals surface area (Å²) < 4.78 is 5.46. The molecule has 30 heavy (non-hydrogen) atoms. The highest BCUT2D eigenvalue weighted by molar-refractivity contribution is 5.79. The lowest BCUT2D eigenvalue weighted by Crippen LogP contribution is -2.45. The van der Waals surface area contributed by atoms with Gasteiger partial charge in [0.15, 0.2) is 5.96 Å². The predicted octanol–water partition coefficient (Wildman–Crippen LogP) is 2.48. The Labute approximate surface area is 183 Å². The van der Waals surface area contributed by atoms with Gasteiger partial charge in [0.05, 0.1) is 19.8 Å². The van der Waals surface area contributed by atoms with Crippen LogP contribution in [0, 0.1) is 12.8 Å². The van der Waals surface area contributed by atoms with Crippen LogP contribution in [-0.2, 0) is 11.3 Å². The number of morpholine rings is 1. The molecule has 2 saturated heterocycles. The zero-order valence-electron chi connectivity index (χ0n) is 19.2. The monoisotopic (exact) mass is 415 g/mol. The van der Waals surface area contributed by atoms with Gasteiger partial charge in [0.25, 0.3) is 0 Å². The van der Waals surface area contributed by atoms with Crippen LogP contribution in [0.2, 0.25) is 0 Å². The Morgan fingerprint density at radius 3 is 2.47 bits per heavy atom. The third-order valence-corrected chi connectivity index (χ3v) is 6.32. The zero-order valence-corrected chi connectivity index (χ0v) is 19.2. The molecule has 0 amide bonds. The van der Waals surface area contributed by atoms with Crippen LogP contribution in [0.25, 0.3) is 0 Å². The fourth-order valence-electron chi connectivity index (χ4n) is 4.24. The van der Waals surface area contributed by atoms with E-state index in [1.54, 1.807) is 0 Å². The van der Waals surface area contributed by atoms with E-state index in [-0.39, 0.29) is 0 Å². The van der Waals surface area contributed by atoms with Crippen molar-refractivity contribution in [1.29, 1.82) is 0 Å². The molecule has 0 aliphatic carbocycles. The van der Waals surface area contributed by atoms with Gasteiger partial charge >= 0.3 is 0 Å². The van der Waals surface area contributed by atoms with E-state index in [0.717, 1.165) is 64.4 Å². The molecule has 2 aliphatic heterocycles. The van der Waals surface area contributed by atoms with Crippen molar-refractivity contribution in [3.63, 3.8) is 0 Å². The summed E-state index contributed by atoms with van der Waals surface area (Å²) in [7, 11) is 0. The number of guanidine groups is 1. The van der Waals surface area contributed by atoms with Crippen molar-refractivity contribution in [3.05, 3.63) is 35.4 Å². The molecule has 6 nitrogen and oxygen atoms in total. The summed E-state index contributed by atoms with van der Waals surface area (Å²) in [5.74, 6) is 1.68. The number of benzene rings is 1. The minimum Gasteiger partial charge on any atom is -0.379 e. The van der Waals surface area contributed by atoms with Crippen molar-refractivity contribution in [3.8, 4) is 0 Å². The van der Waals surface area contributed by atoms with Crippen LogP contribution < -0.4 is 10.6 Å². The van der Waals surface area contributed by atoms with E-state index in [1.807, 2.05) is 0 Å². The molecule has 0 radical (unpaired) electrons. The van der Waals surface area contributed by atoms with Gasteiger partial charge in [0.2, 0.25) is 0 Å². The Balaban J connectivity index is 1.38. The Kier molecular flexibility index (Phi) is 9.43. The Hall–Kier alpha value is -1.63. The van der Waals surface area contributed by atoms with E-state index in [4.69, 9.17) is 9.73 Å². The summed E-state index contributed by atoms with van der Waals surface area (Å²) in [6.45, 7) is 16.4. The van der Waals surface area contributed by atoms with E-state index in [9.17, 15) is 0 Å². The average Bonchev–Trinajstić information content (AvgIpc) is 2.78. The molecule has 0 aromatic heterocycles. The second kappa shape index (κ2) is 12.3. The van der Waals surface area contributed by atoms with Gasteiger partial charge in [-0.1, -0.05) is 29.8 Å². The molecule has 1 unspecified atom stereocenters. The standard InChI is InChI=1S/C24H41N5O/c1-4-25-24(26-17-21(3)29-13-15-30-16-14-29)27-18-22-9-11-28(12-10-22)19-23-7-5-20(2)6-8-23/h5-8,21-22H,4,9-19H2,1-3H3,(H2,25,26,27). The van der Waals surface area contributed by atoms with Gasteiger partial charge in [0.1, 0.15) is 0 Å². The molecule has 3 rings (SSSR count). The van der Waals surface area contributed by atoms with Crippen LogP contribution in [0.4, 0.5) is 0 Å². The van der Waals surface area contributed by atoms with E-state index in [1.165, 1.54) is 37.1 Å². The predicted molar refractivity (Wildman–Crippen MR) is 125 cm³/mol. The van der Waals surface area contributed by atoms with Crippen LogP contribution in [0.3, 0.4) is 0 Å². The third kappa shape index (κ3) is 7.56. The van der Waals surface area contributed by atoms with Crippen molar-refractivity contribution in [2.45, 2.75) is 46.2 Å². The normalized spacial score (nSPS) is 20.8. The number of aliphatic imine (C=N–C) groups is 1. The van der Waals surface area contributed by atoms with Gasteiger partial charge in [-0.05, 0) is 58.2 Å². The summed E-state index contributed by atoms with van der Waals surface area (Å²) in [4.78, 5) is 9.91. The zero-order chi connectivity index (χ0) is 21.2. The molecular formula is C24H41N5O. The lowest BCUT2D eigenvalue weighted by molar-refractivity contribution is 0.0220. The average molecular weight is 416 g/mol. The van der Waals surface area contributed by atoms with Gasteiger partial charge in [-0.25, -0.2) is 0 Å². The highest BCUT2D eigenvalue weighted by Crippen LogP contribution is 2.18. The van der Waals surface area contributed by atoms with Crippen LogP contribution in [0.15, 0.2) is 29.3 Å². The van der Waals surface area contributed by atoms with Crippen LogP contribution >= 0.6 is 0 Å². The lowest BCUT2D eigenvalue weighted by atomic mass is 9.96. The third-order valence-electron chi connectivity index (χ3n) is 6.32. The minimum atomic E-state index is 0.453. The van der Waals surface area contributed by atoms with Crippen molar-refractivity contribution in [2.24, 2.45) is 10.9 Å². The first-order chi connectivity index (χ1) is 14.6. The maximum Gasteiger partial charge on any atom is 0.191 e. The van der Waals surface area contributed by atoms with Gasteiger partial charge in [-0.15, -0.1) is 0 Å². The van der Waals surface area contributed by atoms with E-state index in [2.05, 4.69) is 65.5 Å². The van der Waals surface area contributed by atoms with Crippen molar-refractivity contribution < 1.29 is 4.74 Å². The summed E-state index contributed by atoms with van der Waals surface area (Å²) in [5.41, 5.74) is 2.76. The second-order valence-electron chi connectivity index (χ2n) is 8.80. The summed E-state index contributed by atoms with van der Waals surface area (Å²) >= 11 is 0. The quantitative estimate of drug-likeness (QED) is 0.505. The highest BCUT2D eigenvalue weighted by atomic mass is 16.5. The van der Waals surface area contributed by atoms with Crippen LogP contribution in [0.5, 0.6) is 0 Å². The largest absolute Gasteiger partial charge is 0.379 e. The summed E-state index contributed by atoms with van der Waals surface area (Å²) in [6, 6.07) is 9.41. The Morgan fingerprint density at radius 1 is 1.10 bits per heavy atom. The Bertz CT molecular complexity index is 634. The van der Waals surface area contributed by atoms with Gasteiger partial charge in [0, 0.05) is 38.8 Å². The first kappa shape index (κ1) is 23.0. The molecule has 0 spiro atoms. The molecule has 0 bridgehead atoms. The molecule has 168 valence electrons. The molecular weight excluding hydrogens is 374 g/mol. The Morgan fingerprint density at radius 2 is 1.80 bits per heavy atom. The second-order valence-corrected chi connectivity index (χ2v) is 8.80. The van der Waals surface area contributed by atoms with Gasteiger partial charge in [-0.2, -0.15) is 0 Å². The van der Waals surface area contributed by atoms with E-state index < -0.39 is 0 Å². The van der Waals surface area contributed by atoms with Gasteiger partial charge in [-0.3, -0.25) is 14.8 Å². The SMILES string of the molecule is CCNC(=NCC(C)N1CCOCC1)NCC1CCN(Cc2ccc(C)cc2)CC1. The molecule has 1 aromatic carbocycles. The first-order valence-electron chi connectivity index (χ1n) is 11.8. The van der Waals surface area contributed by atoms with Gasteiger partial charge < -0.3 is 15.4 Å². The fourth-order valence-corrected chi connectivity index (χ4v) is 4.24. The van der Waals surface area contributed by atoms with E-state index >= 15 is 0 Å². The topological polar surface area (TPSA) is 52.1 Å². The number of likely N-dealkylation sites (tertiary alicyclic amines) is 1. The molecule has 2 heterocycles. The first-order valence-corrected chi connectivity index (χ1v) is 11.8. The highest BCUT2D eigenvalue weighted by Gasteiger charge is 2.20. The molecule has 2 aliphatic rings. The molecule has 6 heteroatoms. The molecule has 2 N–H and O–H groups in total. The lowest BCUT2D eigenvalue weighted by Gasteiger charge is -2.32. The number of rotatable bonds is 8. The molecule has 1 atom stereocenters. The fraction of sp³-hybridized carbons (Fsp3) is 0.708. The number of hydrogen-bond acceptors (Lipinski definition) is 4. The van der Waals surface area contributed by atoms with Crippen LogP contribution in [0.1, 0.15) is 37.8 Å². The maximum atomic E-state index is 5.46.